The number of urea groups is 1. The van der Waals surface area contributed by atoms with Crippen LogP contribution < -0.4 is 10.6 Å². The summed E-state index contributed by atoms with van der Waals surface area (Å²) in [5, 5.41) is 14.6. The number of hydrogen-bond donors (Lipinski definition) is 3. The van der Waals surface area contributed by atoms with E-state index in [1.54, 1.807) is 7.05 Å². The molecular formula is C14H25N3O4. The third-order valence-electron chi connectivity index (χ3n) is 4.05. The van der Waals surface area contributed by atoms with Crippen LogP contribution in [0, 0.1) is 5.92 Å². The van der Waals surface area contributed by atoms with Gasteiger partial charge in [-0.1, -0.05) is 19.8 Å². The van der Waals surface area contributed by atoms with Gasteiger partial charge < -0.3 is 20.6 Å². The summed E-state index contributed by atoms with van der Waals surface area (Å²) < 4.78 is 0. The fraction of sp³-hybridized carbons (Fsp3) is 0.786. The molecule has 1 aliphatic carbocycles. The molecule has 0 saturated heterocycles. The second-order valence-electron chi connectivity index (χ2n) is 5.86. The van der Waals surface area contributed by atoms with Crippen LogP contribution in [0.25, 0.3) is 0 Å². The van der Waals surface area contributed by atoms with E-state index in [9.17, 15) is 19.5 Å². The average molecular weight is 299 g/mol. The molecule has 0 radical (unpaired) electrons. The molecule has 0 aromatic heterocycles. The lowest BCUT2D eigenvalue weighted by Gasteiger charge is -2.38. The van der Waals surface area contributed by atoms with Gasteiger partial charge >= 0.3 is 12.0 Å². The highest BCUT2D eigenvalue weighted by molar-refractivity contribution is 5.86. The highest BCUT2D eigenvalue weighted by Crippen LogP contribution is 2.32. The Kier molecular flexibility index (Phi) is 5.99. The molecule has 120 valence electrons. The standard InChI is InChI=1S/C14H25N3O4/c1-10-5-4-7-14(9-10,12(19)20)16-13(21)17(3)8-6-11(18)15-2/h10H,4-9H2,1-3H3,(H,15,18)(H,16,21)(H,19,20). The summed E-state index contributed by atoms with van der Waals surface area (Å²) >= 11 is 0. The smallest absolute Gasteiger partial charge is 0.329 e. The Morgan fingerprint density at radius 3 is 2.57 bits per heavy atom. The summed E-state index contributed by atoms with van der Waals surface area (Å²) in [6, 6.07) is -0.449. The quantitative estimate of drug-likeness (QED) is 0.699. The first kappa shape index (κ1) is 17.3. The summed E-state index contributed by atoms with van der Waals surface area (Å²) in [4.78, 5) is 36.3. The van der Waals surface area contributed by atoms with Crippen LogP contribution in [0.1, 0.15) is 39.0 Å². The number of nitrogens with zero attached hydrogens (tertiary/aromatic N) is 1. The predicted octanol–water partition coefficient (Wildman–Crippen LogP) is 0.797. The fourth-order valence-corrected chi connectivity index (χ4v) is 2.71. The molecule has 0 spiro atoms. The van der Waals surface area contributed by atoms with E-state index >= 15 is 0 Å². The van der Waals surface area contributed by atoms with Gasteiger partial charge in [0.2, 0.25) is 5.91 Å². The molecule has 3 amide bonds. The van der Waals surface area contributed by atoms with Crippen molar-refractivity contribution in [1.82, 2.24) is 15.5 Å². The lowest BCUT2D eigenvalue weighted by molar-refractivity contribution is -0.146. The van der Waals surface area contributed by atoms with E-state index in [0.717, 1.165) is 12.8 Å². The molecular weight excluding hydrogens is 274 g/mol. The van der Waals surface area contributed by atoms with E-state index in [1.807, 2.05) is 6.92 Å². The highest BCUT2D eigenvalue weighted by Gasteiger charge is 2.43. The molecule has 1 fully saturated rings. The Bertz CT molecular complexity index is 413. The van der Waals surface area contributed by atoms with Gasteiger partial charge in [-0.15, -0.1) is 0 Å². The van der Waals surface area contributed by atoms with E-state index in [-0.39, 0.29) is 24.8 Å². The van der Waals surface area contributed by atoms with Crippen molar-refractivity contribution >= 4 is 17.9 Å². The number of rotatable bonds is 5. The van der Waals surface area contributed by atoms with E-state index < -0.39 is 17.5 Å². The van der Waals surface area contributed by atoms with Crippen LogP contribution in [-0.2, 0) is 9.59 Å². The minimum absolute atomic E-state index is 0.158. The molecule has 1 aliphatic rings. The van der Waals surface area contributed by atoms with E-state index in [2.05, 4.69) is 10.6 Å². The normalized spacial score (nSPS) is 25.0. The minimum Gasteiger partial charge on any atom is -0.480 e. The molecule has 1 saturated carbocycles. The average Bonchev–Trinajstić information content (AvgIpc) is 2.43. The van der Waals surface area contributed by atoms with Crippen molar-refractivity contribution in [1.29, 1.82) is 0 Å². The molecule has 0 aromatic rings. The molecule has 0 aliphatic heterocycles. The zero-order valence-electron chi connectivity index (χ0n) is 12.9. The summed E-state index contributed by atoms with van der Waals surface area (Å²) in [7, 11) is 3.09. The van der Waals surface area contributed by atoms with Crippen molar-refractivity contribution in [3.05, 3.63) is 0 Å². The van der Waals surface area contributed by atoms with Crippen LogP contribution in [-0.4, -0.2) is 54.1 Å². The maximum atomic E-state index is 12.1. The summed E-state index contributed by atoms with van der Waals surface area (Å²) in [5.41, 5.74) is -1.18. The molecule has 1 rings (SSSR count). The van der Waals surface area contributed by atoms with E-state index in [0.29, 0.717) is 12.8 Å². The number of nitrogens with one attached hydrogen (secondary N) is 2. The largest absolute Gasteiger partial charge is 0.480 e. The number of carboxylic acid groups (broad SMARTS) is 1. The SMILES string of the molecule is CNC(=O)CCN(C)C(=O)NC1(C(=O)O)CCCC(C)C1. The second-order valence-corrected chi connectivity index (χ2v) is 5.86. The second kappa shape index (κ2) is 7.28. The highest BCUT2D eigenvalue weighted by atomic mass is 16.4. The van der Waals surface area contributed by atoms with Crippen LogP contribution >= 0.6 is 0 Å². The van der Waals surface area contributed by atoms with Crippen molar-refractivity contribution in [3.63, 3.8) is 0 Å². The molecule has 2 atom stereocenters. The maximum absolute atomic E-state index is 12.1. The Morgan fingerprint density at radius 2 is 2.05 bits per heavy atom. The van der Waals surface area contributed by atoms with Crippen molar-refractivity contribution < 1.29 is 19.5 Å². The molecule has 7 heteroatoms. The first-order valence-corrected chi connectivity index (χ1v) is 7.28. The van der Waals surface area contributed by atoms with Gasteiger partial charge in [-0.25, -0.2) is 9.59 Å². The molecule has 0 aromatic carbocycles. The Morgan fingerprint density at radius 1 is 1.38 bits per heavy atom. The zero-order chi connectivity index (χ0) is 16.0. The lowest BCUT2D eigenvalue weighted by Crippen LogP contribution is -2.59. The third-order valence-corrected chi connectivity index (χ3v) is 4.05. The molecule has 21 heavy (non-hydrogen) atoms. The first-order chi connectivity index (χ1) is 9.80. The molecule has 7 nitrogen and oxygen atoms in total. The summed E-state index contributed by atoms with van der Waals surface area (Å²) in [6.07, 6.45) is 2.85. The van der Waals surface area contributed by atoms with Gasteiger partial charge in [0.25, 0.3) is 0 Å². The minimum atomic E-state index is -1.18. The van der Waals surface area contributed by atoms with E-state index in [4.69, 9.17) is 0 Å². The van der Waals surface area contributed by atoms with Gasteiger partial charge in [-0.3, -0.25) is 4.79 Å². The van der Waals surface area contributed by atoms with Gasteiger partial charge in [-0.2, -0.15) is 0 Å². The molecule has 0 heterocycles. The van der Waals surface area contributed by atoms with Crippen molar-refractivity contribution in [2.45, 2.75) is 44.6 Å². The van der Waals surface area contributed by atoms with Crippen LogP contribution in [0.15, 0.2) is 0 Å². The zero-order valence-corrected chi connectivity index (χ0v) is 12.9. The maximum Gasteiger partial charge on any atom is 0.329 e. The van der Waals surface area contributed by atoms with Crippen LogP contribution in [0.2, 0.25) is 0 Å². The number of aliphatic carboxylic acids is 1. The number of hydrogen-bond acceptors (Lipinski definition) is 3. The Labute approximate surface area is 125 Å². The van der Waals surface area contributed by atoms with Crippen LogP contribution in [0.5, 0.6) is 0 Å². The predicted molar refractivity (Wildman–Crippen MR) is 77.8 cm³/mol. The lowest BCUT2D eigenvalue weighted by atomic mass is 9.76. The Balaban J connectivity index is 2.64. The number of amides is 3. The van der Waals surface area contributed by atoms with Crippen LogP contribution in [0.4, 0.5) is 4.79 Å². The van der Waals surface area contributed by atoms with Crippen molar-refractivity contribution in [2.75, 3.05) is 20.6 Å². The van der Waals surface area contributed by atoms with Gasteiger partial charge in [0.1, 0.15) is 5.54 Å². The number of carbonyl (C=O) groups excluding carboxylic acids is 2. The van der Waals surface area contributed by atoms with Crippen molar-refractivity contribution in [3.8, 4) is 0 Å². The molecule has 2 unspecified atom stereocenters. The van der Waals surface area contributed by atoms with Gasteiger partial charge in [0.05, 0.1) is 0 Å². The molecule has 0 bridgehead atoms. The summed E-state index contributed by atoms with van der Waals surface area (Å²) in [5.74, 6) is -0.873. The number of carboxylic acids is 1. The first-order valence-electron chi connectivity index (χ1n) is 7.28. The monoisotopic (exact) mass is 299 g/mol. The fourth-order valence-electron chi connectivity index (χ4n) is 2.71. The Hall–Kier alpha value is -1.79. The third kappa shape index (κ3) is 4.61. The summed E-state index contributed by atoms with van der Waals surface area (Å²) in [6.45, 7) is 2.25. The van der Waals surface area contributed by atoms with Crippen LogP contribution in [0.3, 0.4) is 0 Å². The van der Waals surface area contributed by atoms with E-state index in [1.165, 1.54) is 11.9 Å². The topological polar surface area (TPSA) is 98.7 Å². The van der Waals surface area contributed by atoms with Gasteiger partial charge in [-0.05, 0) is 18.8 Å². The molecule has 3 N–H and O–H groups in total. The number of carbonyl (C=O) groups is 3. The van der Waals surface area contributed by atoms with Gasteiger partial charge in [0, 0.05) is 27.1 Å². The van der Waals surface area contributed by atoms with Crippen molar-refractivity contribution in [2.24, 2.45) is 5.92 Å². The van der Waals surface area contributed by atoms with Gasteiger partial charge in [0.15, 0.2) is 0 Å².